The van der Waals surface area contributed by atoms with Gasteiger partial charge < -0.3 is 0 Å². The Morgan fingerprint density at radius 3 is 2.36 bits per heavy atom. The Morgan fingerprint density at radius 1 is 1.05 bits per heavy atom. The van der Waals surface area contributed by atoms with Crippen LogP contribution in [-0.4, -0.2) is 9.78 Å². The van der Waals surface area contributed by atoms with Crippen LogP contribution in [0.1, 0.15) is 31.4 Å². The summed E-state index contributed by atoms with van der Waals surface area (Å²) in [7, 11) is 1.90. The predicted octanol–water partition coefficient (Wildman–Crippen LogP) is 5.41. The summed E-state index contributed by atoms with van der Waals surface area (Å²) in [6.45, 7) is 8.05. The molecule has 3 heteroatoms. The van der Waals surface area contributed by atoms with E-state index < -0.39 is 0 Å². The van der Waals surface area contributed by atoms with Gasteiger partial charge in [0.05, 0.1) is 5.52 Å². The summed E-state index contributed by atoms with van der Waals surface area (Å²) in [5.41, 5.74) is 4.71. The molecule has 3 aromatic rings. The van der Waals surface area contributed by atoms with Crippen molar-refractivity contribution in [3.8, 4) is 11.1 Å². The zero-order valence-electron chi connectivity index (χ0n) is 13.9. The maximum Gasteiger partial charge on any atom is 0.126 e. The summed E-state index contributed by atoms with van der Waals surface area (Å²) < 4.78 is 15.5. The molecule has 0 N–H and O–H groups in total. The number of benzene rings is 2. The second kappa shape index (κ2) is 6.73. The van der Waals surface area contributed by atoms with Crippen molar-refractivity contribution in [1.29, 1.82) is 0 Å². The Hall–Kier alpha value is -2.16. The molecule has 1 heterocycles. The molecule has 0 aliphatic heterocycles. The van der Waals surface area contributed by atoms with Crippen molar-refractivity contribution < 1.29 is 4.39 Å². The second-order valence-electron chi connectivity index (χ2n) is 5.70. The molecule has 116 valence electrons. The Labute approximate surface area is 131 Å². The van der Waals surface area contributed by atoms with E-state index in [0.717, 1.165) is 27.6 Å². The predicted molar refractivity (Wildman–Crippen MR) is 91.5 cm³/mol. The van der Waals surface area contributed by atoms with Gasteiger partial charge in [-0.2, -0.15) is 5.10 Å². The molecule has 0 bridgehead atoms. The fourth-order valence-electron chi connectivity index (χ4n) is 2.37. The van der Waals surface area contributed by atoms with Crippen LogP contribution in [0.15, 0.2) is 36.5 Å². The van der Waals surface area contributed by atoms with Crippen LogP contribution in [0, 0.1) is 19.7 Å². The Bertz CT molecular complexity index is 787. The van der Waals surface area contributed by atoms with E-state index in [1.807, 2.05) is 38.4 Å². The molecule has 0 spiro atoms. The van der Waals surface area contributed by atoms with Crippen molar-refractivity contribution in [2.75, 3.05) is 0 Å². The van der Waals surface area contributed by atoms with E-state index in [4.69, 9.17) is 0 Å². The van der Waals surface area contributed by atoms with Crippen molar-refractivity contribution >= 4 is 10.9 Å². The minimum absolute atomic E-state index is 0.164. The highest BCUT2D eigenvalue weighted by molar-refractivity contribution is 5.86. The van der Waals surface area contributed by atoms with Crippen LogP contribution in [0.4, 0.5) is 4.39 Å². The van der Waals surface area contributed by atoms with E-state index >= 15 is 0 Å². The summed E-state index contributed by atoms with van der Waals surface area (Å²) in [5, 5.41) is 5.46. The first-order chi connectivity index (χ1) is 10.5. The lowest BCUT2D eigenvalue weighted by molar-refractivity contribution is 0.619. The van der Waals surface area contributed by atoms with Gasteiger partial charge in [0.1, 0.15) is 5.82 Å². The first-order valence-electron chi connectivity index (χ1n) is 7.66. The maximum absolute atomic E-state index is 13.7. The summed E-state index contributed by atoms with van der Waals surface area (Å²) in [5.74, 6) is -0.164. The molecule has 1 aromatic heterocycles. The molecule has 0 saturated heterocycles. The number of hydrogen-bond donors (Lipinski definition) is 0. The van der Waals surface area contributed by atoms with E-state index in [2.05, 4.69) is 25.0 Å². The molecular weight excluding hydrogens is 275 g/mol. The Balaban J connectivity index is 0.000000545. The third-order valence-electron chi connectivity index (χ3n) is 3.45. The third kappa shape index (κ3) is 3.35. The quantitative estimate of drug-likeness (QED) is 0.587. The molecule has 2 nitrogen and oxygen atoms in total. The van der Waals surface area contributed by atoms with Crippen LogP contribution in [0.3, 0.4) is 0 Å². The van der Waals surface area contributed by atoms with Crippen LogP contribution in [0.5, 0.6) is 0 Å². The average molecular weight is 298 g/mol. The van der Waals surface area contributed by atoms with E-state index in [1.54, 1.807) is 17.7 Å². The van der Waals surface area contributed by atoms with Gasteiger partial charge in [-0.3, -0.25) is 4.68 Å². The van der Waals surface area contributed by atoms with Gasteiger partial charge in [-0.1, -0.05) is 32.4 Å². The zero-order valence-corrected chi connectivity index (χ0v) is 13.9. The molecule has 0 saturated carbocycles. The van der Waals surface area contributed by atoms with E-state index in [9.17, 15) is 4.39 Å². The molecule has 0 fully saturated rings. The first-order valence-corrected chi connectivity index (χ1v) is 7.66. The third-order valence-corrected chi connectivity index (χ3v) is 3.45. The average Bonchev–Trinajstić information content (AvgIpc) is 2.81. The molecular formula is C19H23FN2. The van der Waals surface area contributed by atoms with Crippen molar-refractivity contribution in [2.24, 2.45) is 7.05 Å². The maximum atomic E-state index is 13.7. The molecule has 0 atom stereocenters. The number of rotatable bonds is 1. The van der Waals surface area contributed by atoms with Gasteiger partial charge in [-0.25, -0.2) is 4.39 Å². The molecule has 3 rings (SSSR count). The number of aromatic nitrogens is 2. The number of nitrogens with zero attached hydrogens (tertiary/aromatic N) is 2. The summed E-state index contributed by atoms with van der Waals surface area (Å²) in [4.78, 5) is 0. The van der Waals surface area contributed by atoms with Crippen LogP contribution in [0.25, 0.3) is 22.0 Å². The van der Waals surface area contributed by atoms with Gasteiger partial charge in [0, 0.05) is 18.6 Å². The second-order valence-corrected chi connectivity index (χ2v) is 5.70. The molecule has 0 radical (unpaired) electrons. The zero-order chi connectivity index (χ0) is 16.3. The van der Waals surface area contributed by atoms with Crippen molar-refractivity contribution in [3.05, 3.63) is 53.5 Å². The van der Waals surface area contributed by atoms with E-state index in [1.165, 1.54) is 6.42 Å². The lowest BCUT2D eigenvalue weighted by atomic mass is 9.98. The van der Waals surface area contributed by atoms with Gasteiger partial charge in [-0.05, 0) is 54.3 Å². The lowest BCUT2D eigenvalue weighted by Gasteiger charge is -2.07. The molecule has 0 unspecified atom stereocenters. The molecule has 22 heavy (non-hydrogen) atoms. The minimum Gasteiger partial charge on any atom is -0.275 e. The normalized spacial score (nSPS) is 10.5. The number of aryl methyl sites for hydroxylation is 3. The SMILES string of the molecule is CCC.Cc1ccc(-c2cc3cn(C)nc3cc2C)cc1F. The molecule has 0 aliphatic carbocycles. The summed E-state index contributed by atoms with van der Waals surface area (Å²) in [6.07, 6.45) is 3.23. The van der Waals surface area contributed by atoms with Crippen LogP contribution >= 0.6 is 0 Å². The topological polar surface area (TPSA) is 17.8 Å². The fourth-order valence-corrected chi connectivity index (χ4v) is 2.37. The smallest absolute Gasteiger partial charge is 0.126 e. The van der Waals surface area contributed by atoms with Crippen molar-refractivity contribution in [1.82, 2.24) is 9.78 Å². The highest BCUT2D eigenvalue weighted by Gasteiger charge is 2.08. The largest absolute Gasteiger partial charge is 0.275 e. The minimum atomic E-state index is -0.164. The Kier molecular flexibility index (Phi) is 4.96. The standard InChI is InChI=1S/C16H15FN2.C3H8/c1-10-4-5-12(8-15(10)17)14-7-13-9-19(3)18-16(13)6-11(14)2;1-3-2/h4-9H,1-3H3;3H2,1-2H3. The highest BCUT2D eigenvalue weighted by atomic mass is 19.1. The molecule has 0 amide bonds. The number of fused-ring (bicyclic) bond motifs is 1. The van der Waals surface area contributed by atoms with Crippen LogP contribution < -0.4 is 0 Å². The van der Waals surface area contributed by atoms with Crippen molar-refractivity contribution in [3.63, 3.8) is 0 Å². The molecule has 2 aromatic carbocycles. The fraction of sp³-hybridized carbons (Fsp3) is 0.316. The molecule has 0 aliphatic rings. The van der Waals surface area contributed by atoms with Gasteiger partial charge in [0.2, 0.25) is 0 Å². The van der Waals surface area contributed by atoms with E-state index in [-0.39, 0.29) is 5.82 Å². The van der Waals surface area contributed by atoms with Crippen LogP contribution in [-0.2, 0) is 7.05 Å². The van der Waals surface area contributed by atoms with Crippen LogP contribution in [0.2, 0.25) is 0 Å². The summed E-state index contributed by atoms with van der Waals surface area (Å²) in [6, 6.07) is 9.49. The lowest BCUT2D eigenvalue weighted by Crippen LogP contribution is -1.88. The van der Waals surface area contributed by atoms with Gasteiger partial charge in [-0.15, -0.1) is 0 Å². The number of halogens is 1. The van der Waals surface area contributed by atoms with Gasteiger partial charge in [0.15, 0.2) is 0 Å². The first kappa shape index (κ1) is 16.2. The number of hydrogen-bond acceptors (Lipinski definition) is 1. The Morgan fingerprint density at radius 2 is 1.73 bits per heavy atom. The summed E-state index contributed by atoms with van der Waals surface area (Å²) >= 11 is 0. The van der Waals surface area contributed by atoms with E-state index in [0.29, 0.717) is 5.56 Å². The monoisotopic (exact) mass is 298 g/mol. The van der Waals surface area contributed by atoms with Gasteiger partial charge in [0.25, 0.3) is 0 Å². The highest BCUT2D eigenvalue weighted by Crippen LogP contribution is 2.28. The van der Waals surface area contributed by atoms with Crippen molar-refractivity contribution in [2.45, 2.75) is 34.1 Å². The van der Waals surface area contributed by atoms with Gasteiger partial charge >= 0.3 is 0 Å².